The lowest BCUT2D eigenvalue weighted by Crippen LogP contribution is -2.52. The Morgan fingerprint density at radius 1 is 0.947 bits per heavy atom. The van der Waals surface area contributed by atoms with Crippen LogP contribution < -0.4 is 10.6 Å². The van der Waals surface area contributed by atoms with Gasteiger partial charge in [0, 0.05) is 23.7 Å². The van der Waals surface area contributed by atoms with Crippen molar-refractivity contribution in [1.82, 2.24) is 10.6 Å². The second kappa shape index (κ2) is 15.5. The number of fused-ring (bicyclic) bond motifs is 1. The van der Waals surface area contributed by atoms with Crippen molar-refractivity contribution in [3.63, 3.8) is 0 Å². The average molecular weight is 767 g/mol. The predicted octanol–water partition coefficient (Wildman–Crippen LogP) is 8.24. The van der Waals surface area contributed by atoms with Crippen molar-refractivity contribution in [2.75, 3.05) is 20.2 Å². The number of allylic oxidation sites excluding steroid dienone is 5. The van der Waals surface area contributed by atoms with Crippen molar-refractivity contribution >= 4 is 17.5 Å². The van der Waals surface area contributed by atoms with Crippen LogP contribution in [-0.2, 0) is 25.5 Å². The van der Waals surface area contributed by atoms with E-state index in [0.717, 1.165) is 72.9 Å². The zero-order chi connectivity index (χ0) is 39.3. The second-order valence-electron chi connectivity index (χ2n) is 17.1. The number of piperidine rings is 1. The van der Waals surface area contributed by atoms with E-state index in [1.807, 2.05) is 43.4 Å². The van der Waals surface area contributed by atoms with E-state index in [4.69, 9.17) is 9.47 Å². The molecule has 4 N–H and O–H groups in total. The Labute approximate surface area is 335 Å². The third-order valence-electron chi connectivity index (χ3n) is 14.3. The molecule has 8 nitrogen and oxygen atoms in total. The average Bonchev–Trinajstić information content (AvgIpc) is 3.73. The number of carbonyl (C=O) groups excluding carboxylic acids is 2. The molecule has 0 radical (unpaired) electrons. The number of phenols is 1. The first-order chi connectivity index (χ1) is 27.8. The van der Waals surface area contributed by atoms with Crippen molar-refractivity contribution in [2.24, 2.45) is 40.9 Å². The van der Waals surface area contributed by atoms with Gasteiger partial charge in [-0.2, -0.15) is 0 Å². The lowest BCUT2D eigenvalue weighted by Gasteiger charge is -2.56. The summed E-state index contributed by atoms with van der Waals surface area (Å²) in [5.74, 6) is 1.07. The summed E-state index contributed by atoms with van der Waals surface area (Å²) < 4.78 is 12.8. The molecule has 0 amide bonds. The maximum Gasteiger partial charge on any atom is 0.340 e. The van der Waals surface area contributed by atoms with E-state index in [1.54, 1.807) is 6.07 Å². The first kappa shape index (κ1) is 37.8. The van der Waals surface area contributed by atoms with Gasteiger partial charge in [-0.1, -0.05) is 73.7 Å². The summed E-state index contributed by atoms with van der Waals surface area (Å²) in [5, 5.41) is 28.4. The summed E-state index contributed by atoms with van der Waals surface area (Å²) >= 11 is 0. The van der Waals surface area contributed by atoms with Crippen LogP contribution in [0.5, 0.6) is 5.75 Å². The quantitative estimate of drug-likeness (QED) is 0.144. The standard InChI is InChI=1S/C49H54N2O6/c1-3-29(24-30-10-6-4-7-11-30)25-41-49-22-20-36(43(46(49)48(55)57-41)39-27-34(53)15-16-35(39)31-12-8-5-9-13-31)37-17-18-38-40(56-47(54)44(38)45(37)49)19-14-33(28-52)32-21-23-51-42(26-32)50-2/h4-13,15-16,19,25,27,29,32-33,36-37,42,45,50-53H,3,14,17-18,20-24,26,28H2,1-2H3/b40-19?,41-25-/t29-,32+,33+,36+,37-,42-,45+,49+/m0/s1. The van der Waals surface area contributed by atoms with E-state index >= 15 is 0 Å². The van der Waals surface area contributed by atoms with Crippen molar-refractivity contribution < 1.29 is 29.3 Å². The number of aliphatic hydroxyl groups excluding tert-OH is 1. The largest absolute Gasteiger partial charge is 0.508 e. The molecule has 3 fully saturated rings. The SMILES string of the molecule is CC[C@H](/C=C1\OC(=O)C2=C(c3cc(O)ccc3-c3ccccc3)[C@@H]3CC[C@@]21[C@H]1C2=C(CC[C@@H]31)C(=CC[C@H](CO)[C@@H]1CCN[C@H](NC)C1)OC2=O)Cc1ccccc1. The molecule has 296 valence electrons. The van der Waals surface area contributed by atoms with Crippen LogP contribution >= 0.6 is 0 Å². The van der Waals surface area contributed by atoms with Gasteiger partial charge >= 0.3 is 11.9 Å². The number of aliphatic hydroxyl groups is 1. The van der Waals surface area contributed by atoms with Crippen LogP contribution in [0.15, 0.2) is 119 Å². The van der Waals surface area contributed by atoms with Gasteiger partial charge in [-0.3, -0.25) is 0 Å². The highest BCUT2D eigenvalue weighted by atomic mass is 16.5. The number of benzene rings is 3. The third-order valence-corrected chi connectivity index (χ3v) is 14.3. The van der Waals surface area contributed by atoms with E-state index in [9.17, 15) is 19.8 Å². The summed E-state index contributed by atoms with van der Waals surface area (Å²) in [7, 11) is 1.96. The Morgan fingerprint density at radius 3 is 2.49 bits per heavy atom. The van der Waals surface area contributed by atoms with E-state index in [2.05, 4.69) is 66.1 Å². The molecule has 3 aliphatic heterocycles. The van der Waals surface area contributed by atoms with Crippen LogP contribution in [0.1, 0.15) is 69.4 Å². The summed E-state index contributed by atoms with van der Waals surface area (Å²) in [5.41, 5.74) is 6.47. The number of esters is 2. The number of carbonyl (C=O) groups is 2. The Kier molecular flexibility index (Phi) is 10.3. The topological polar surface area (TPSA) is 117 Å². The molecule has 3 heterocycles. The van der Waals surface area contributed by atoms with Gasteiger partial charge in [0.05, 0.1) is 17.2 Å². The molecule has 7 aliphatic rings. The molecule has 4 aliphatic carbocycles. The number of rotatable bonds is 11. The molecule has 3 aromatic rings. The van der Waals surface area contributed by atoms with Crippen LogP contribution in [-0.4, -0.2) is 48.5 Å². The molecule has 1 spiro atoms. The highest BCUT2D eigenvalue weighted by molar-refractivity contribution is 6.07. The van der Waals surface area contributed by atoms with Crippen LogP contribution in [0.4, 0.5) is 0 Å². The molecule has 8 atom stereocenters. The number of cyclic esters (lactones) is 2. The summed E-state index contributed by atoms with van der Waals surface area (Å²) in [6.07, 6.45) is 11.8. The molecule has 2 bridgehead atoms. The van der Waals surface area contributed by atoms with Crippen LogP contribution in [0.3, 0.4) is 0 Å². The van der Waals surface area contributed by atoms with Gasteiger partial charge < -0.3 is 30.3 Å². The van der Waals surface area contributed by atoms with Gasteiger partial charge in [0.2, 0.25) is 0 Å². The van der Waals surface area contributed by atoms with Crippen LogP contribution in [0.2, 0.25) is 0 Å². The summed E-state index contributed by atoms with van der Waals surface area (Å²) in [6, 6.07) is 26.1. The van der Waals surface area contributed by atoms with E-state index in [1.165, 1.54) is 5.56 Å². The number of nitrogens with one attached hydrogen (secondary N) is 2. The second-order valence-corrected chi connectivity index (χ2v) is 17.1. The molecule has 10 rings (SSSR count). The fraction of sp³-hybridized carbons (Fsp3) is 0.429. The van der Waals surface area contributed by atoms with E-state index < -0.39 is 5.41 Å². The lowest BCUT2D eigenvalue weighted by molar-refractivity contribution is -0.135. The van der Waals surface area contributed by atoms with Crippen LogP contribution in [0, 0.1) is 40.9 Å². The smallest absolute Gasteiger partial charge is 0.340 e. The Hall–Kier alpha value is -4.76. The van der Waals surface area contributed by atoms with Gasteiger partial charge in [0.25, 0.3) is 0 Å². The fourth-order valence-electron chi connectivity index (χ4n) is 11.6. The van der Waals surface area contributed by atoms with Gasteiger partial charge in [-0.05, 0) is 153 Å². The molecule has 0 unspecified atom stereocenters. The fourth-order valence-corrected chi connectivity index (χ4v) is 11.6. The van der Waals surface area contributed by atoms with Crippen LogP contribution in [0.25, 0.3) is 16.7 Å². The maximum atomic E-state index is 14.7. The molecule has 57 heavy (non-hydrogen) atoms. The molecule has 3 aromatic carbocycles. The summed E-state index contributed by atoms with van der Waals surface area (Å²) in [4.78, 5) is 29.1. The van der Waals surface area contributed by atoms with E-state index in [-0.39, 0.29) is 60.1 Å². The normalized spacial score (nSPS) is 30.3. The van der Waals surface area contributed by atoms with Gasteiger partial charge in [-0.25, -0.2) is 9.59 Å². The molecular weight excluding hydrogens is 713 g/mol. The lowest BCUT2D eigenvalue weighted by atomic mass is 9.44. The zero-order valence-corrected chi connectivity index (χ0v) is 33.0. The highest BCUT2D eigenvalue weighted by Crippen LogP contribution is 2.72. The van der Waals surface area contributed by atoms with Crippen molar-refractivity contribution in [3.05, 3.63) is 130 Å². The predicted molar refractivity (Wildman–Crippen MR) is 220 cm³/mol. The number of hydrogen-bond donors (Lipinski definition) is 4. The van der Waals surface area contributed by atoms with Crippen molar-refractivity contribution in [1.29, 1.82) is 0 Å². The number of aromatic hydroxyl groups is 1. The molecule has 2 saturated heterocycles. The van der Waals surface area contributed by atoms with Crippen molar-refractivity contribution in [2.45, 2.75) is 70.9 Å². The molecule has 0 aromatic heterocycles. The van der Waals surface area contributed by atoms with Gasteiger partial charge in [0.15, 0.2) is 0 Å². The minimum absolute atomic E-state index is 0.0111. The minimum atomic E-state index is -0.851. The Bertz CT molecular complexity index is 2170. The minimum Gasteiger partial charge on any atom is -0.508 e. The molecular formula is C49H54N2O6. The highest BCUT2D eigenvalue weighted by Gasteiger charge is 2.68. The monoisotopic (exact) mass is 766 g/mol. The van der Waals surface area contributed by atoms with Gasteiger partial charge in [0.1, 0.15) is 17.3 Å². The van der Waals surface area contributed by atoms with E-state index in [0.29, 0.717) is 47.8 Å². The number of ether oxygens (including phenoxy) is 2. The molecule has 8 heteroatoms. The third kappa shape index (κ3) is 6.50. The Morgan fingerprint density at radius 2 is 1.74 bits per heavy atom. The summed E-state index contributed by atoms with van der Waals surface area (Å²) in [6.45, 7) is 3.15. The Balaban J connectivity index is 1.18. The first-order valence-corrected chi connectivity index (χ1v) is 21.1. The molecule has 1 saturated carbocycles. The first-order valence-electron chi connectivity index (χ1n) is 21.1. The van der Waals surface area contributed by atoms with Gasteiger partial charge in [-0.15, -0.1) is 0 Å². The maximum absolute atomic E-state index is 14.7. The van der Waals surface area contributed by atoms with Crippen molar-refractivity contribution in [3.8, 4) is 16.9 Å². The zero-order valence-electron chi connectivity index (χ0n) is 33.0. The number of hydrogen-bond acceptors (Lipinski definition) is 8. The number of phenolic OH excluding ortho intramolecular Hbond substituents is 1.